The minimum atomic E-state index is -0.0505. The number of hydrogen-bond donors (Lipinski definition) is 0. The molecule has 0 heterocycles. The molecule has 0 saturated carbocycles. The van der Waals surface area contributed by atoms with E-state index in [-0.39, 0.29) is 11.1 Å². The van der Waals surface area contributed by atoms with Crippen molar-refractivity contribution in [1.82, 2.24) is 7.85 Å². The SMILES string of the molecule is C=CCN(CCCCCCCCCCCCCCCCCC)C(C)(C)C(C)(C)N(Br)Br. The summed E-state index contributed by atoms with van der Waals surface area (Å²) in [7, 11) is 0. The quantitative estimate of drug-likeness (QED) is 0.0731. The van der Waals surface area contributed by atoms with Crippen molar-refractivity contribution in [3.8, 4) is 0 Å². The summed E-state index contributed by atoms with van der Waals surface area (Å²) in [6.45, 7) is 17.5. The van der Waals surface area contributed by atoms with Gasteiger partial charge < -0.3 is 0 Å². The lowest BCUT2D eigenvalue weighted by Gasteiger charge is -2.50. The van der Waals surface area contributed by atoms with Crippen molar-refractivity contribution >= 4 is 32.3 Å². The highest BCUT2D eigenvalue weighted by atomic mass is 79.9. The summed E-state index contributed by atoms with van der Waals surface area (Å²) < 4.78 is 1.98. The Balaban J connectivity index is 3.76. The molecule has 0 saturated heterocycles. The molecule has 0 aromatic rings. The van der Waals surface area contributed by atoms with Gasteiger partial charge in [-0.25, -0.2) is 0 Å². The molecular weight excluding hydrogens is 512 g/mol. The standard InChI is InChI=1S/C27H54Br2N2/c1-7-9-10-11-12-13-14-15-16-17-18-19-20-21-22-23-25-30(24-8-2)26(3,4)27(5,6)31(28)29/h8H,2,7,9-25H2,1,3-6H3. The van der Waals surface area contributed by atoms with Crippen LogP contribution in [0.15, 0.2) is 12.7 Å². The Morgan fingerprint density at radius 1 is 0.613 bits per heavy atom. The molecule has 0 spiro atoms. The second-order valence-electron chi connectivity index (χ2n) is 10.4. The van der Waals surface area contributed by atoms with Gasteiger partial charge in [-0.15, -0.1) is 6.58 Å². The van der Waals surface area contributed by atoms with E-state index in [9.17, 15) is 0 Å². The summed E-state index contributed by atoms with van der Waals surface area (Å²) in [4.78, 5) is 2.57. The molecule has 0 fully saturated rings. The van der Waals surface area contributed by atoms with Crippen molar-refractivity contribution in [2.75, 3.05) is 13.1 Å². The van der Waals surface area contributed by atoms with Gasteiger partial charge in [-0.3, -0.25) is 4.90 Å². The third kappa shape index (κ3) is 13.8. The van der Waals surface area contributed by atoms with E-state index in [0.717, 1.165) is 13.1 Å². The monoisotopic (exact) mass is 564 g/mol. The molecule has 0 aliphatic rings. The van der Waals surface area contributed by atoms with Gasteiger partial charge in [0.15, 0.2) is 0 Å². The first-order valence-electron chi connectivity index (χ1n) is 13.2. The topological polar surface area (TPSA) is 6.48 Å². The molecule has 0 unspecified atom stereocenters. The smallest absolute Gasteiger partial charge is 0.0553 e. The predicted molar refractivity (Wildman–Crippen MR) is 149 cm³/mol. The highest BCUT2D eigenvalue weighted by Gasteiger charge is 2.44. The fourth-order valence-corrected chi connectivity index (χ4v) is 5.07. The van der Waals surface area contributed by atoms with Crippen molar-refractivity contribution in [2.24, 2.45) is 0 Å². The van der Waals surface area contributed by atoms with E-state index in [1.807, 2.05) is 9.03 Å². The lowest BCUT2D eigenvalue weighted by molar-refractivity contribution is 0.0413. The molecule has 31 heavy (non-hydrogen) atoms. The molecule has 0 rings (SSSR count). The van der Waals surface area contributed by atoms with E-state index in [2.05, 4.69) is 78.4 Å². The van der Waals surface area contributed by atoms with Gasteiger partial charge in [-0.05, 0) is 40.7 Å². The zero-order valence-electron chi connectivity index (χ0n) is 21.7. The lowest BCUT2D eigenvalue weighted by atomic mass is 9.81. The van der Waals surface area contributed by atoms with Gasteiger partial charge in [0.2, 0.25) is 0 Å². The van der Waals surface area contributed by atoms with Crippen molar-refractivity contribution in [2.45, 2.75) is 148 Å². The maximum atomic E-state index is 3.99. The van der Waals surface area contributed by atoms with Crippen LogP contribution in [0, 0.1) is 0 Å². The molecule has 4 heteroatoms. The molecule has 0 aromatic heterocycles. The Kier molecular flexibility index (Phi) is 19.4. The molecule has 0 amide bonds. The van der Waals surface area contributed by atoms with Crippen molar-refractivity contribution in [1.29, 1.82) is 0 Å². The van der Waals surface area contributed by atoms with Crippen LogP contribution in [0.4, 0.5) is 0 Å². The maximum Gasteiger partial charge on any atom is 0.0553 e. The molecular formula is C27H54Br2N2. The van der Waals surface area contributed by atoms with Crippen LogP contribution in [0.1, 0.15) is 137 Å². The summed E-state index contributed by atoms with van der Waals surface area (Å²) >= 11 is 7.20. The number of rotatable bonds is 22. The van der Waals surface area contributed by atoms with Gasteiger partial charge in [0, 0.05) is 44.4 Å². The summed E-state index contributed by atoms with van der Waals surface area (Å²) in [5.74, 6) is 0. The van der Waals surface area contributed by atoms with Crippen LogP contribution >= 0.6 is 32.3 Å². The fourth-order valence-electron chi connectivity index (χ4n) is 4.20. The lowest BCUT2D eigenvalue weighted by Crippen LogP contribution is -2.61. The van der Waals surface area contributed by atoms with Crippen LogP contribution in [0.5, 0.6) is 0 Å². The Morgan fingerprint density at radius 2 is 0.968 bits per heavy atom. The van der Waals surface area contributed by atoms with Crippen LogP contribution in [-0.2, 0) is 0 Å². The molecule has 0 atom stereocenters. The van der Waals surface area contributed by atoms with E-state index in [0.29, 0.717) is 0 Å². The van der Waals surface area contributed by atoms with E-state index in [1.54, 1.807) is 0 Å². The third-order valence-electron chi connectivity index (χ3n) is 7.34. The number of nitrogens with zero attached hydrogens (tertiary/aromatic N) is 2. The summed E-state index contributed by atoms with van der Waals surface area (Å²) in [5, 5.41) is 0. The molecule has 186 valence electrons. The first-order valence-corrected chi connectivity index (χ1v) is 14.6. The minimum absolute atomic E-state index is 0.0176. The highest BCUT2D eigenvalue weighted by Crippen LogP contribution is 2.37. The average Bonchev–Trinajstić information content (AvgIpc) is 2.72. The van der Waals surface area contributed by atoms with Gasteiger partial charge in [-0.1, -0.05) is 109 Å². The van der Waals surface area contributed by atoms with Crippen molar-refractivity contribution < 1.29 is 0 Å². The minimum Gasteiger partial charge on any atom is -0.293 e. The molecule has 0 aliphatic heterocycles. The third-order valence-corrected chi connectivity index (χ3v) is 9.11. The predicted octanol–water partition coefficient (Wildman–Crippen LogP) is 10.2. The molecule has 0 radical (unpaired) electrons. The normalized spacial score (nSPS) is 12.8. The first kappa shape index (κ1) is 31.6. The zero-order valence-corrected chi connectivity index (χ0v) is 24.8. The number of halogens is 2. The molecule has 0 aliphatic carbocycles. The van der Waals surface area contributed by atoms with Gasteiger partial charge in [0.1, 0.15) is 0 Å². The fraction of sp³-hybridized carbons (Fsp3) is 0.926. The Labute approximate surface area is 213 Å². The summed E-state index contributed by atoms with van der Waals surface area (Å²) in [5.41, 5.74) is -0.0330. The van der Waals surface area contributed by atoms with Crippen molar-refractivity contribution in [3.05, 3.63) is 12.7 Å². The number of hydrogen-bond acceptors (Lipinski definition) is 2. The Bertz CT molecular complexity index is 421. The molecule has 0 aromatic carbocycles. The summed E-state index contributed by atoms with van der Waals surface area (Å²) in [6, 6.07) is 0. The van der Waals surface area contributed by atoms with E-state index >= 15 is 0 Å². The van der Waals surface area contributed by atoms with E-state index in [1.165, 1.54) is 103 Å². The van der Waals surface area contributed by atoms with Crippen LogP contribution in [-0.4, -0.2) is 32.0 Å². The highest BCUT2D eigenvalue weighted by molar-refractivity contribution is 9.21. The molecule has 0 bridgehead atoms. The zero-order chi connectivity index (χ0) is 23.6. The second-order valence-corrected chi connectivity index (χ2v) is 12.8. The van der Waals surface area contributed by atoms with Gasteiger partial charge in [-0.2, -0.15) is 2.95 Å². The van der Waals surface area contributed by atoms with Crippen LogP contribution in [0.25, 0.3) is 0 Å². The van der Waals surface area contributed by atoms with Crippen LogP contribution in [0.3, 0.4) is 0 Å². The molecule has 2 nitrogen and oxygen atoms in total. The Morgan fingerprint density at radius 3 is 1.29 bits per heavy atom. The second kappa shape index (κ2) is 19.0. The van der Waals surface area contributed by atoms with Crippen LogP contribution in [0.2, 0.25) is 0 Å². The molecule has 0 N–H and O–H groups in total. The van der Waals surface area contributed by atoms with Gasteiger partial charge in [0.25, 0.3) is 0 Å². The first-order chi connectivity index (χ1) is 14.7. The van der Waals surface area contributed by atoms with Gasteiger partial charge in [0.05, 0.1) is 5.54 Å². The largest absolute Gasteiger partial charge is 0.293 e. The van der Waals surface area contributed by atoms with Gasteiger partial charge >= 0.3 is 0 Å². The Hall–Kier alpha value is 0.620. The maximum absolute atomic E-state index is 3.99. The summed E-state index contributed by atoms with van der Waals surface area (Å²) in [6.07, 6.45) is 24.7. The van der Waals surface area contributed by atoms with Crippen LogP contribution < -0.4 is 0 Å². The number of unbranched alkanes of at least 4 members (excludes halogenated alkanes) is 15. The van der Waals surface area contributed by atoms with Crippen molar-refractivity contribution in [3.63, 3.8) is 0 Å². The average molecular weight is 567 g/mol. The van der Waals surface area contributed by atoms with E-state index in [4.69, 9.17) is 0 Å². The van der Waals surface area contributed by atoms with E-state index < -0.39 is 0 Å².